The van der Waals surface area contributed by atoms with Gasteiger partial charge in [-0.05, 0) is 24.3 Å². The second-order valence-electron chi connectivity index (χ2n) is 5.27. The maximum atomic E-state index is 12.1. The van der Waals surface area contributed by atoms with Crippen molar-refractivity contribution in [2.75, 3.05) is 5.73 Å². The Morgan fingerprint density at radius 2 is 1.85 bits per heavy atom. The maximum Gasteiger partial charge on any atom is 0.366 e. The lowest BCUT2D eigenvalue weighted by atomic mass is 10.2. The molecule has 0 amide bonds. The number of carbonyl (C=O) groups excluding carboxylic acids is 2. The number of rotatable bonds is 4. The molecule has 1 aromatic heterocycles. The second-order valence-corrected chi connectivity index (χ2v) is 5.68. The summed E-state index contributed by atoms with van der Waals surface area (Å²) in [5, 5.41) is 4.32. The standard InChI is InChI=1S/C18H14ClN3O4/c1-11(23)25-18(24)17-15(20)10-21-22(17)16-8-7-13(9-14(16)19)26-12-5-3-2-4-6-12/h2-10H,20H2,1H3. The van der Waals surface area contributed by atoms with Crippen LogP contribution in [0.5, 0.6) is 11.5 Å². The molecule has 8 heteroatoms. The van der Waals surface area contributed by atoms with Gasteiger partial charge in [0.2, 0.25) is 0 Å². The molecular weight excluding hydrogens is 358 g/mol. The number of anilines is 1. The van der Waals surface area contributed by atoms with Gasteiger partial charge in [-0.25, -0.2) is 9.48 Å². The Morgan fingerprint density at radius 1 is 1.12 bits per heavy atom. The zero-order chi connectivity index (χ0) is 18.7. The molecule has 0 unspecified atom stereocenters. The van der Waals surface area contributed by atoms with Crippen molar-refractivity contribution in [2.45, 2.75) is 6.92 Å². The molecule has 0 saturated carbocycles. The van der Waals surface area contributed by atoms with Gasteiger partial charge in [0, 0.05) is 13.0 Å². The summed E-state index contributed by atoms with van der Waals surface area (Å²) in [6, 6.07) is 14.1. The van der Waals surface area contributed by atoms with Crippen molar-refractivity contribution in [1.82, 2.24) is 9.78 Å². The summed E-state index contributed by atoms with van der Waals surface area (Å²) in [6.07, 6.45) is 1.28. The molecule has 0 radical (unpaired) electrons. The Morgan fingerprint density at radius 3 is 2.50 bits per heavy atom. The van der Waals surface area contributed by atoms with Crippen LogP contribution in [0.15, 0.2) is 54.7 Å². The van der Waals surface area contributed by atoms with Gasteiger partial charge in [-0.1, -0.05) is 29.8 Å². The van der Waals surface area contributed by atoms with E-state index in [1.807, 2.05) is 30.3 Å². The number of carbonyl (C=O) groups is 2. The Kier molecular flexibility index (Phi) is 4.90. The van der Waals surface area contributed by atoms with Gasteiger partial charge in [0.25, 0.3) is 0 Å². The molecule has 3 rings (SSSR count). The van der Waals surface area contributed by atoms with Crippen LogP contribution in [0.3, 0.4) is 0 Å². The van der Waals surface area contributed by atoms with Crippen molar-refractivity contribution in [3.8, 4) is 17.2 Å². The second kappa shape index (κ2) is 7.28. The molecular formula is C18H14ClN3O4. The first-order chi connectivity index (χ1) is 12.5. The summed E-state index contributed by atoms with van der Waals surface area (Å²) < 4.78 is 11.5. The Hall–Kier alpha value is -3.32. The normalized spacial score (nSPS) is 10.4. The highest BCUT2D eigenvalue weighted by Gasteiger charge is 2.22. The molecule has 0 bridgehead atoms. The monoisotopic (exact) mass is 371 g/mol. The molecule has 3 aromatic rings. The number of nitrogens with two attached hydrogens (primary N) is 1. The molecule has 0 saturated heterocycles. The third-order valence-corrected chi connectivity index (χ3v) is 3.66. The fourth-order valence-electron chi connectivity index (χ4n) is 2.27. The first-order valence-corrected chi connectivity index (χ1v) is 7.92. The van der Waals surface area contributed by atoms with Crippen molar-refractivity contribution in [2.24, 2.45) is 0 Å². The molecule has 7 nitrogen and oxygen atoms in total. The van der Waals surface area contributed by atoms with E-state index in [-0.39, 0.29) is 16.4 Å². The number of esters is 2. The van der Waals surface area contributed by atoms with Crippen molar-refractivity contribution in [1.29, 1.82) is 0 Å². The van der Waals surface area contributed by atoms with Gasteiger partial charge in [-0.3, -0.25) is 4.79 Å². The van der Waals surface area contributed by atoms with Gasteiger partial charge in [0.15, 0.2) is 5.69 Å². The van der Waals surface area contributed by atoms with Crippen LogP contribution in [0, 0.1) is 0 Å². The first kappa shape index (κ1) is 17.5. The summed E-state index contributed by atoms with van der Waals surface area (Å²) >= 11 is 6.32. The predicted octanol–water partition coefficient (Wildman–Crippen LogP) is 3.60. The largest absolute Gasteiger partial charge is 0.457 e. The minimum atomic E-state index is -0.909. The third kappa shape index (κ3) is 3.68. The fraction of sp³-hybridized carbons (Fsp3) is 0.0556. The lowest BCUT2D eigenvalue weighted by Crippen LogP contribution is -2.16. The van der Waals surface area contributed by atoms with Gasteiger partial charge >= 0.3 is 11.9 Å². The van der Waals surface area contributed by atoms with Crippen LogP contribution in [0.25, 0.3) is 5.69 Å². The van der Waals surface area contributed by atoms with E-state index < -0.39 is 11.9 Å². The minimum absolute atomic E-state index is 0.0666. The van der Waals surface area contributed by atoms with Crippen molar-refractivity contribution >= 4 is 29.2 Å². The smallest absolute Gasteiger partial charge is 0.366 e. The van der Waals surface area contributed by atoms with E-state index in [2.05, 4.69) is 9.84 Å². The van der Waals surface area contributed by atoms with Crippen LogP contribution in [0.1, 0.15) is 17.4 Å². The van der Waals surface area contributed by atoms with Gasteiger partial charge in [-0.2, -0.15) is 5.10 Å². The quantitative estimate of drug-likeness (QED) is 0.556. The van der Waals surface area contributed by atoms with Crippen LogP contribution >= 0.6 is 11.6 Å². The summed E-state index contributed by atoms with van der Waals surface area (Å²) in [6.45, 7) is 1.12. The topological polar surface area (TPSA) is 96.4 Å². The third-order valence-electron chi connectivity index (χ3n) is 3.35. The first-order valence-electron chi connectivity index (χ1n) is 7.55. The lowest BCUT2D eigenvalue weighted by Gasteiger charge is -2.11. The maximum absolute atomic E-state index is 12.1. The molecule has 0 spiro atoms. The molecule has 2 N–H and O–H groups in total. The number of nitrogen functional groups attached to an aromatic ring is 1. The Labute approximate surface area is 153 Å². The highest BCUT2D eigenvalue weighted by atomic mass is 35.5. The number of ether oxygens (including phenoxy) is 2. The van der Waals surface area contributed by atoms with Gasteiger partial charge < -0.3 is 15.2 Å². The van der Waals surface area contributed by atoms with E-state index in [4.69, 9.17) is 22.1 Å². The van der Waals surface area contributed by atoms with Gasteiger partial charge in [0.1, 0.15) is 11.5 Å². The van der Waals surface area contributed by atoms with Crippen molar-refractivity contribution in [3.63, 3.8) is 0 Å². The number of halogens is 1. The van der Waals surface area contributed by atoms with Crippen LogP contribution in [-0.2, 0) is 9.53 Å². The molecule has 0 aliphatic heterocycles. The zero-order valence-corrected chi connectivity index (χ0v) is 14.4. The summed E-state index contributed by atoms with van der Waals surface area (Å²) in [7, 11) is 0. The molecule has 0 atom stereocenters. The van der Waals surface area contributed by atoms with Gasteiger partial charge in [-0.15, -0.1) is 0 Å². The molecule has 26 heavy (non-hydrogen) atoms. The average molecular weight is 372 g/mol. The summed E-state index contributed by atoms with van der Waals surface area (Å²) in [4.78, 5) is 23.1. The van der Waals surface area contributed by atoms with Gasteiger partial charge in [0.05, 0.1) is 22.6 Å². The Balaban J connectivity index is 1.93. The van der Waals surface area contributed by atoms with E-state index in [0.717, 1.165) is 6.92 Å². The van der Waals surface area contributed by atoms with E-state index in [0.29, 0.717) is 17.2 Å². The molecule has 132 valence electrons. The van der Waals surface area contributed by atoms with Crippen LogP contribution in [-0.4, -0.2) is 21.7 Å². The number of hydrogen-bond donors (Lipinski definition) is 1. The molecule has 0 aliphatic rings. The number of aromatic nitrogens is 2. The van der Waals surface area contributed by atoms with Crippen LogP contribution in [0.2, 0.25) is 5.02 Å². The number of nitrogens with zero attached hydrogens (tertiary/aromatic N) is 2. The average Bonchev–Trinajstić information content (AvgIpc) is 2.97. The van der Waals surface area contributed by atoms with Crippen LogP contribution in [0.4, 0.5) is 5.69 Å². The highest BCUT2D eigenvalue weighted by molar-refractivity contribution is 6.32. The number of hydrogen-bond acceptors (Lipinski definition) is 6. The van der Waals surface area contributed by atoms with Crippen molar-refractivity contribution < 1.29 is 19.1 Å². The molecule has 1 heterocycles. The van der Waals surface area contributed by atoms with E-state index >= 15 is 0 Å². The zero-order valence-electron chi connectivity index (χ0n) is 13.7. The molecule has 0 aliphatic carbocycles. The van der Waals surface area contributed by atoms with Crippen molar-refractivity contribution in [3.05, 3.63) is 65.4 Å². The van der Waals surface area contributed by atoms with E-state index in [1.165, 1.54) is 10.9 Å². The predicted molar refractivity (Wildman–Crippen MR) is 95.6 cm³/mol. The summed E-state index contributed by atoms with van der Waals surface area (Å²) in [5.41, 5.74) is 6.14. The van der Waals surface area contributed by atoms with Crippen LogP contribution < -0.4 is 10.5 Å². The number of para-hydroxylation sites is 1. The highest BCUT2D eigenvalue weighted by Crippen LogP contribution is 2.30. The van der Waals surface area contributed by atoms with E-state index in [9.17, 15) is 9.59 Å². The minimum Gasteiger partial charge on any atom is -0.457 e. The fourth-order valence-corrected chi connectivity index (χ4v) is 2.53. The Bertz CT molecular complexity index is 970. The lowest BCUT2D eigenvalue weighted by molar-refractivity contribution is -0.135. The van der Waals surface area contributed by atoms with E-state index in [1.54, 1.807) is 18.2 Å². The molecule has 2 aromatic carbocycles. The molecule has 0 fully saturated rings. The number of benzene rings is 2. The SMILES string of the molecule is CC(=O)OC(=O)c1c(N)cnn1-c1ccc(Oc2ccccc2)cc1Cl. The summed E-state index contributed by atoms with van der Waals surface area (Å²) in [5.74, 6) is -0.489.